The number of carbonyl (C=O) groups excluding carboxylic acids is 1. The Morgan fingerprint density at radius 3 is 2.14 bits per heavy atom. The summed E-state index contributed by atoms with van der Waals surface area (Å²) in [6.45, 7) is 2.63. The molecule has 1 N–H and O–H groups in total. The highest BCUT2D eigenvalue weighted by Gasteiger charge is 2.49. The van der Waals surface area contributed by atoms with Gasteiger partial charge in [0.15, 0.2) is 0 Å². The molecule has 4 heteroatoms. The molecule has 3 atom stereocenters. The molecular weight excluding hydrogens is 432 g/mol. The molecule has 0 radical (unpaired) electrons. The van der Waals surface area contributed by atoms with Crippen LogP contribution in [0.15, 0.2) is 84.9 Å². The summed E-state index contributed by atoms with van der Waals surface area (Å²) in [6, 6.07) is 28.8. The first-order valence-corrected chi connectivity index (χ1v) is 12.6. The standard InChI is InChI=1S/C31H32N2O2/c34-23-29-31(27-17-15-25(16-18-27)14-13-24-9-3-1-4-10-24)28-22-32(19-7-8-20-33(28)29)30(35)21-26-11-5-2-6-12-26/h1-6,9-12,15-18,28-29,31,34H,7-8,19-23H2/t28-,29+,31+/m1/s1. The molecule has 178 valence electrons. The number of nitrogens with zero attached hydrogens (tertiary/aromatic N) is 2. The Morgan fingerprint density at radius 2 is 1.46 bits per heavy atom. The van der Waals surface area contributed by atoms with Crippen molar-refractivity contribution in [3.05, 3.63) is 107 Å². The first-order valence-electron chi connectivity index (χ1n) is 12.6. The monoisotopic (exact) mass is 464 g/mol. The molecule has 0 unspecified atom stereocenters. The van der Waals surface area contributed by atoms with Gasteiger partial charge in [-0.15, -0.1) is 0 Å². The maximum atomic E-state index is 13.2. The average molecular weight is 465 g/mol. The Hall–Kier alpha value is -3.39. The minimum atomic E-state index is 0.102. The quantitative estimate of drug-likeness (QED) is 0.592. The second kappa shape index (κ2) is 10.9. The molecule has 0 aliphatic carbocycles. The van der Waals surface area contributed by atoms with Gasteiger partial charge in [-0.25, -0.2) is 0 Å². The van der Waals surface area contributed by atoms with Gasteiger partial charge in [0.1, 0.15) is 0 Å². The molecule has 0 spiro atoms. The lowest BCUT2D eigenvalue weighted by Crippen LogP contribution is -2.68. The maximum Gasteiger partial charge on any atom is 0.227 e. The van der Waals surface area contributed by atoms with Crippen LogP contribution in [0.4, 0.5) is 0 Å². The number of amides is 1. The van der Waals surface area contributed by atoms with Gasteiger partial charge in [0.2, 0.25) is 5.91 Å². The normalized spacial score (nSPS) is 22.1. The maximum absolute atomic E-state index is 13.2. The Morgan fingerprint density at radius 1 is 0.829 bits per heavy atom. The average Bonchev–Trinajstić information content (AvgIpc) is 2.88. The number of aliphatic hydroxyl groups excluding tert-OH is 1. The minimum Gasteiger partial charge on any atom is -0.395 e. The SMILES string of the molecule is O=C(Cc1ccccc1)N1CCCCN2[C@H](C1)[C@H](c1ccc(C#Cc3ccccc3)cc1)[C@@H]2CO. The van der Waals surface area contributed by atoms with Crippen molar-refractivity contribution in [2.24, 2.45) is 0 Å². The van der Waals surface area contributed by atoms with E-state index in [1.807, 2.05) is 65.6 Å². The summed E-state index contributed by atoms with van der Waals surface area (Å²) >= 11 is 0. The van der Waals surface area contributed by atoms with Crippen molar-refractivity contribution >= 4 is 5.91 Å². The largest absolute Gasteiger partial charge is 0.395 e. The third-order valence-corrected chi connectivity index (χ3v) is 7.34. The lowest BCUT2D eigenvalue weighted by atomic mass is 9.74. The highest BCUT2D eigenvalue weighted by Crippen LogP contribution is 2.42. The van der Waals surface area contributed by atoms with E-state index in [1.165, 1.54) is 5.56 Å². The van der Waals surface area contributed by atoms with E-state index in [4.69, 9.17) is 0 Å². The molecular formula is C31H32N2O2. The summed E-state index contributed by atoms with van der Waals surface area (Å²) in [5.74, 6) is 6.86. The molecule has 35 heavy (non-hydrogen) atoms. The highest BCUT2D eigenvalue weighted by molar-refractivity contribution is 5.78. The van der Waals surface area contributed by atoms with Crippen LogP contribution in [-0.4, -0.2) is 59.1 Å². The highest BCUT2D eigenvalue weighted by atomic mass is 16.3. The fourth-order valence-electron chi connectivity index (χ4n) is 5.50. The van der Waals surface area contributed by atoms with Gasteiger partial charge in [0.05, 0.1) is 13.0 Å². The Balaban J connectivity index is 1.32. The summed E-state index contributed by atoms with van der Waals surface area (Å²) in [4.78, 5) is 17.6. The Kier molecular flexibility index (Phi) is 7.28. The van der Waals surface area contributed by atoms with Gasteiger partial charge in [-0.3, -0.25) is 9.69 Å². The first kappa shape index (κ1) is 23.4. The molecule has 2 heterocycles. The fraction of sp³-hybridized carbons (Fsp3) is 0.323. The molecule has 2 aliphatic heterocycles. The molecule has 5 rings (SSSR count). The van der Waals surface area contributed by atoms with Crippen LogP contribution in [0.2, 0.25) is 0 Å². The van der Waals surface area contributed by atoms with Gasteiger partial charge in [0.25, 0.3) is 0 Å². The van der Waals surface area contributed by atoms with E-state index < -0.39 is 0 Å². The van der Waals surface area contributed by atoms with Crippen LogP contribution in [0.1, 0.15) is 41.0 Å². The number of carbonyl (C=O) groups is 1. The smallest absolute Gasteiger partial charge is 0.227 e. The topological polar surface area (TPSA) is 43.8 Å². The molecule has 2 aliphatic rings. The lowest BCUT2D eigenvalue weighted by molar-refractivity contribution is -0.135. The zero-order valence-corrected chi connectivity index (χ0v) is 20.0. The van der Waals surface area contributed by atoms with Crippen molar-refractivity contribution in [1.82, 2.24) is 9.80 Å². The van der Waals surface area contributed by atoms with E-state index in [0.29, 0.717) is 13.0 Å². The number of hydrogen-bond donors (Lipinski definition) is 1. The number of hydrogen-bond acceptors (Lipinski definition) is 3. The molecule has 0 saturated carbocycles. The Bertz CT molecular complexity index is 1180. The van der Waals surface area contributed by atoms with Crippen LogP contribution >= 0.6 is 0 Å². The zero-order chi connectivity index (χ0) is 24.0. The van der Waals surface area contributed by atoms with Gasteiger partial charge in [0, 0.05) is 42.2 Å². The summed E-state index contributed by atoms with van der Waals surface area (Å²) in [6.07, 6.45) is 2.49. The van der Waals surface area contributed by atoms with Crippen LogP contribution in [0.25, 0.3) is 0 Å². The lowest BCUT2D eigenvalue weighted by Gasteiger charge is -2.57. The van der Waals surface area contributed by atoms with Crippen LogP contribution in [0.5, 0.6) is 0 Å². The van der Waals surface area contributed by atoms with Crippen molar-refractivity contribution in [2.75, 3.05) is 26.2 Å². The van der Waals surface area contributed by atoms with E-state index in [1.54, 1.807) is 0 Å². The number of benzene rings is 3. The van der Waals surface area contributed by atoms with E-state index in [2.05, 4.69) is 41.0 Å². The van der Waals surface area contributed by atoms with E-state index >= 15 is 0 Å². The molecule has 3 aromatic carbocycles. The van der Waals surface area contributed by atoms with Gasteiger partial charge < -0.3 is 10.0 Å². The second-order valence-electron chi connectivity index (χ2n) is 9.53. The van der Waals surface area contributed by atoms with Crippen molar-refractivity contribution in [2.45, 2.75) is 37.3 Å². The third kappa shape index (κ3) is 5.32. The molecule has 4 nitrogen and oxygen atoms in total. The summed E-state index contributed by atoms with van der Waals surface area (Å²) < 4.78 is 0. The molecule has 0 bridgehead atoms. The fourth-order valence-corrected chi connectivity index (χ4v) is 5.50. The van der Waals surface area contributed by atoms with Crippen molar-refractivity contribution in [1.29, 1.82) is 0 Å². The predicted molar refractivity (Wildman–Crippen MR) is 139 cm³/mol. The number of fused-ring (bicyclic) bond motifs is 1. The van der Waals surface area contributed by atoms with Crippen LogP contribution in [-0.2, 0) is 11.2 Å². The van der Waals surface area contributed by atoms with Crippen LogP contribution in [0.3, 0.4) is 0 Å². The van der Waals surface area contributed by atoms with Crippen LogP contribution < -0.4 is 0 Å². The van der Waals surface area contributed by atoms with Gasteiger partial charge >= 0.3 is 0 Å². The van der Waals surface area contributed by atoms with Crippen molar-refractivity contribution in [3.8, 4) is 11.8 Å². The van der Waals surface area contributed by atoms with Gasteiger partial charge in [-0.05, 0) is 54.8 Å². The molecule has 3 aromatic rings. The molecule has 2 fully saturated rings. The van der Waals surface area contributed by atoms with Crippen molar-refractivity contribution in [3.63, 3.8) is 0 Å². The molecule has 1 amide bonds. The summed E-state index contributed by atoms with van der Waals surface area (Å²) in [7, 11) is 0. The van der Waals surface area contributed by atoms with Gasteiger partial charge in [-0.2, -0.15) is 0 Å². The number of aliphatic hydroxyl groups is 1. The summed E-state index contributed by atoms with van der Waals surface area (Å²) in [5.41, 5.74) is 4.25. The summed E-state index contributed by atoms with van der Waals surface area (Å²) in [5, 5.41) is 10.2. The number of rotatable bonds is 4. The van der Waals surface area contributed by atoms with Crippen LogP contribution in [0, 0.1) is 11.8 Å². The van der Waals surface area contributed by atoms with E-state index in [0.717, 1.165) is 42.6 Å². The second-order valence-corrected chi connectivity index (χ2v) is 9.53. The van der Waals surface area contributed by atoms with E-state index in [-0.39, 0.29) is 30.5 Å². The third-order valence-electron chi connectivity index (χ3n) is 7.34. The van der Waals surface area contributed by atoms with Crippen molar-refractivity contribution < 1.29 is 9.90 Å². The van der Waals surface area contributed by atoms with Gasteiger partial charge in [-0.1, -0.05) is 72.5 Å². The molecule has 2 saturated heterocycles. The minimum absolute atomic E-state index is 0.102. The predicted octanol–water partition coefficient (Wildman–Crippen LogP) is 4.08. The zero-order valence-electron chi connectivity index (χ0n) is 20.0. The Labute approximate surface area is 208 Å². The molecule has 0 aromatic heterocycles. The van der Waals surface area contributed by atoms with E-state index in [9.17, 15) is 9.90 Å². The first-order chi connectivity index (χ1) is 17.2.